The van der Waals surface area contributed by atoms with Gasteiger partial charge in [0.2, 0.25) is 5.91 Å². The van der Waals surface area contributed by atoms with Crippen molar-refractivity contribution >= 4 is 51.7 Å². The Hall–Kier alpha value is -2.14. The molecule has 0 unspecified atom stereocenters. The number of benzene rings is 2. The van der Waals surface area contributed by atoms with E-state index in [1.54, 1.807) is 24.4 Å². The van der Waals surface area contributed by atoms with E-state index in [2.05, 4.69) is 10.3 Å². The lowest BCUT2D eigenvalue weighted by molar-refractivity contribution is -0.111. The van der Waals surface area contributed by atoms with Crippen molar-refractivity contribution < 1.29 is 4.79 Å². The summed E-state index contributed by atoms with van der Waals surface area (Å²) in [6, 6.07) is 13.3. The topological polar surface area (TPSA) is 42.0 Å². The van der Waals surface area contributed by atoms with E-state index in [0.717, 1.165) is 16.0 Å². The Bertz CT molecular complexity index is 949. The van der Waals surface area contributed by atoms with Crippen LogP contribution in [0.2, 0.25) is 10.0 Å². The zero-order valence-electron chi connectivity index (χ0n) is 14.0. The molecule has 132 valence electrons. The van der Waals surface area contributed by atoms with Gasteiger partial charge in [0, 0.05) is 33.6 Å². The number of amides is 1. The van der Waals surface area contributed by atoms with E-state index < -0.39 is 0 Å². The van der Waals surface area contributed by atoms with Gasteiger partial charge in [0.1, 0.15) is 0 Å². The first-order chi connectivity index (χ1) is 12.5. The monoisotopic (exact) mass is 402 g/mol. The zero-order chi connectivity index (χ0) is 18.5. The van der Waals surface area contributed by atoms with Crippen LogP contribution in [0.5, 0.6) is 0 Å². The van der Waals surface area contributed by atoms with E-state index in [1.807, 2.05) is 37.3 Å². The van der Waals surface area contributed by atoms with Gasteiger partial charge < -0.3 is 0 Å². The molecule has 0 saturated carbocycles. The predicted molar refractivity (Wildman–Crippen MR) is 110 cm³/mol. The molecule has 2 aromatic carbocycles. The number of nitrogens with one attached hydrogen (secondary N) is 1. The first-order valence-corrected chi connectivity index (χ1v) is 9.51. The number of carbonyl (C=O) groups excluding carboxylic acids is 1. The summed E-state index contributed by atoms with van der Waals surface area (Å²) < 4.78 is 0. The van der Waals surface area contributed by atoms with Crippen LogP contribution in [0.25, 0.3) is 6.08 Å². The van der Waals surface area contributed by atoms with Gasteiger partial charge in [-0.1, -0.05) is 53.0 Å². The fraction of sp³-hybridized carbons (Fsp3) is 0.100. The van der Waals surface area contributed by atoms with Crippen LogP contribution < -0.4 is 5.32 Å². The summed E-state index contributed by atoms with van der Waals surface area (Å²) in [5.74, 6) is -0.215. The van der Waals surface area contributed by atoms with E-state index in [1.165, 1.54) is 23.0 Å². The standard InChI is InChI=1S/C20H16Cl2N2OS/c1-13-2-4-14(5-3-13)6-9-19(25)24-20-23-12-17(26-20)11-15-10-16(21)7-8-18(15)22/h2-10,12H,11H2,1H3,(H,23,24,25)/b9-6+. The van der Waals surface area contributed by atoms with Crippen molar-refractivity contribution in [1.82, 2.24) is 4.98 Å². The minimum Gasteiger partial charge on any atom is -0.298 e. The Morgan fingerprint density at radius 2 is 1.96 bits per heavy atom. The van der Waals surface area contributed by atoms with Crippen LogP contribution in [0.15, 0.2) is 54.7 Å². The quantitative estimate of drug-likeness (QED) is 0.531. The molecule has 1 amide bonds. The maximum absolute atomic E-state index is 12.0. The highest BCUT2D eigenvalue weighted by Gasteiger charge is 2.08. The average Bonchev–Trinajstić information content (AvgIpc) is 3.04. The maximum atomic E-state index is 12.0. The molecule has 6 heteroatoms. The molecule has 1 N–H and O–H groups in total. The van der Waals surface area contributed by atoms with Gasteiger partial charge in [-0.2, -0.15) is 0 Å². The summed E-state index contributed by atoms with van der Waals surface area (Å²) in [5, 5.41) is 4.63. The molecule has 0 aliphatic heterocycles. The van der Waals surface area contributed by atoms with E-state index in [0.29, 0.717) is 21.6 Å². The SMILES string of the molecule is Cc1ccc(/C=C/C(=O)Nc2ncc(Cc3cc(Cl)ccc3Cl)s2)cc1. The van der Waals surface area contributed by atoms with Crippen LogP contribution >= 0.6 is 34.5 Å². The van der Waals surface area contributed by atoms with E-state index in [-0.39, 0.29) is 5.91 Å². The van der Waals surface area contributed by atoms with Gasteiger partial charge in [-0.15, -0.1) is 11.3 Å². The van der Waals surface area contributed by atoms with Gasteiger partial charge in [0.05, 0.1) is 0 Å². The number of carbonyl (C=O) groups is 1. The van der Waals surface area contributed by atoms with Crippen molar-refractivity contribution in [2.75, 3.05) is 5.32 Å². The van der Waals surface area contributed by atoms with Gasteiger partial charge in [-0.3, -0.25) is 10.1 Å². The summed E-state index contributed by atoms with van der Waals surface area (Å²) in [7, 11) is 0. The van der Waals surface area contributed by atoms with Crippen molar-refractivity contribution in [2.24, 2.45) is 0 Å². The third kappa shape index (κ3) is 5.18. The summed E-state index contributed by atoms with van der Waals surface area (Å²) in [5.41, 5.74) is 3.09. The zero-order valence-corrected chi connectivity index (χ0v) is 16.3. The third-order valence-corrected chi connectivity index (χ3v) is 5.18. The normalized spacial score (nSPS) is 11.0. The van der Waals surface area contributed by atoms with Crippen LogP contribution in [-0.4, -0.2) is 10.9 Å². The molecule has 0 aliphatic rings. The first-order valence-electron chi connectivity index (χ1n) is 7.94. The molecule has 0 radical (unpaired) electrons. The van der Waals surface area contributed by atoms with Crippen LogP contribution in [-0.2, 0) is 11.2 Å². The fourth-order valence-electron chi connectivity index (χ4n) is 2.31. The Morgan fingerprint density at radius 1 is 1.19 bits per heavy atom. The fourth-order valence-corrected chi connectivity index (χ4v) is 3.53. The number of rotatable bonds is 5. The van der Waals surface area contributed by atoms with Gasteiger partial charge in [-0.05, 0) is 42.3 Å². The Balaban J connectivity index is 1.61. The van der Waals surface area contributed by atoms with E-state index in [9.17, 15) is 4.79 Å². The summed E-state index contributed by atoms with van der Waals surface area (Å²) in [4.78, 5) is 17.3. The lowest BCUT2D eigenvalue weighted by atomic mass is 10.1. The van der Waals surface area contributed by atoms with Crippen molar-refractivity contribution in [1.29, 1.82) is 0 Å². The van der Waals surface area contributed by atoms with Gasteiger partial charge in [0.25, 0.3) is 0 Å². The number of anilines is 1. The molecule has 0 spiro atoms. The molecule has 0 aliphatic carbocycles. The maximum Gasteiger partial charge on any atom is 0.250 e. The molecule has 3 rings (SSSR count). The molecule has 0 atom stereocenters. The smallest absolute Gasteiger partial charge is 0.250 e. The first kappa shape index (κ1) is 18.6. The number of thiazole rings is 1. The summed E-state index contributed by atoms with van der Waals surface area (Å²) >= 11 is 13.6. The number of hydrogen-bond acceptors (Lipinski definition) is 3. The summed E-state index contributed by atoms with van der Waals surface area (Å²) in [6.45, 7) is 2.02. The van der Waals surface area contributed by atoms with E-state index >= 15 is 0 Å². The highest BCUT2D eigenvalue weighted by atomic mass is 35.5. The molecule has 26 heavy (non-hydrogen) atoms. The summed E-state index contributed by atoms with van der Waals surface area (Å²) in [6.07, 6.45) is 5.63. The molecular weight excluding hydrogens is 387 g/mol. The minimum atomic E-state index is -0.215. The molecule has 0 fully saturated rings. The number of aryl methyl sites for hydroxylation is 1. The van der Waals surface area contributed by atoms with Gasteiger partial charge >= 0.3 is 0 Å². The Kier molecular flexibility index (Phi) is 6.09. The molecule has 0 saturated heterocycles. The highest BCUT2D eigenvalue weighted by molar-refractivity contribution is 7.15. The van der Waals surface area contributed by atoms with Crippen LogP contribution in [0.4, 0.5) is 5.13 Å². The number of halogens is 2. The van der Waals surface area contributed by atoms with Crippen LogP contribution in [0.1, 0.15) is 21.6 Å². The Labute approximate surface area is 166 Å². The highest BCUT2D eigenvalue weighted by Crippen LogP contribution is 2.27. The van der Waals surface area contributed by atoms with Crippen LogP contribution in [0, 0.1) is 6.92 Å². The van der Waals surface area contributed by atoms with Crippen molar-refractivity contribution in [3.8, 4) is 0 Å². The molecule has 3 nitrogen and oxygen atoms in total. The average molecular weight is 403 g/mol. The molecule has 1 heterocycles. The third-order valence-electron chi connectivity index (χ3n) is 3.66. The molecular formula is C20H16Cl2N2OS. The second-order valence-corrected chi connectivity index (χ2v) is 7.74. The lowest BCUT2D eigenvalue weighted by Gasteiger charge is -2.02. The largest absolute Gasteiger partial charge is 0.298 e. The Morgan fingerprint density at radius 3 is 2.73 bits per heavy atom. The van der Waals surface area contributed by atoms with Crippen LogP contribution in [0.3, 0.4) is 0 Å². The van der Waals surface area contributed by atoms with Crippen molar-refractivity contribution in [2.45, 2.75) is 13.3 Å². The van der Waals surface area contributed by atoms with Crippen molar-refractivity contribution in [3.63, 3.8) is 0 Å². The van der Waals surface area contributed by atoms with Gasteiger partial charge in [-0.25, -0.2) is 4.98 Å². The van der Waals surface area contributed by atoms with E-state index in [4.69, 9.17) is 23.2 Å². The number of hydrogen-bond donors (Lipinski definition) is 1. The second-order valence-electron chi connectivity index (χ2n) is 5.78. The molecule has 3 aromatic rings. The number of nitrogens with zero attached hydrogens (tertiary/aromatic N) is 1. The van der Waals surface area contributed by atoms with Gasteiger partial charge in [0.15, 0.2) is 5.13 Å². The predicted octanol–water partition coefficient (Wildman–Crippen LogP) is 6.00. The molecule has 1 aromatic heterocycles. The minimum absolute atomic E-state index is 0.215. The van der Waals surface area contributed by atoms with Crippen molar-refractivity contribution in [3.05, 3.63) is 86.4 Å². The number of aromatic nitrogens is 1. The second kappa shape index (κ2) is 8.49. The lowest BCUT2D eigenvalue weighted by Crippen LogP contribution is -2.07. The molecule has 0 bridgehead atoms.